The molecule has 0 amide bonds. The van der Waals surface area contributed by atoms with Gasteiger partial charge in [0, 0.05) is 6.42 Å². The van der Waals surface area contributed by atoms with Crippen LogP contribution in [0, 0.1) is 5.82 Å². The molecule has 0 heterocycles. The molecule has 1 aliphatic rings. The third-order valence-electron chi connectivity index (χ3n) is 4.35. The lowest BCUT2D eigenvalue weighted by atomic mass is 9.61. The average molecular weight is 268 g/mol. The van der Waals surface area contributed by atoms with Crippen LogP contribution in [0.2, 0.25) is 0 Å². The largest absolute Gasteiger partial charge is 0.298 e. The quantitative estimate of drug-likeness (QED) is 0.817. The Morgan fingerprint density at radius 2 is 1.65 bits per heavy atom. The molecule has 0 radical (unpaired) electrons. The van der Waals surface area contributed by atoms with E-state index >= 15 is 0 Å². The number of carbonyl (C=O) groups excluding carboxylic acids is 1. The summed E-state index contributed by atoms with van der Waals surface area (Å²) < 4.78 is 12.9. The van der Waals surface area contributed by atoms with E-state index in [1.807, 2.05) is 30.3 Å². The standard InChI is InChI=1S/C18H17FO/c19-16-9-7-14(8-10-16)13-17(20)18(11-4-12-18)15-5-2-1-3-6-15/h1-3,5-10H,4,11-13H2. The number of rotatable bonds is 4. The first-order chi connectivity index (χ1) is 9.71. The van der Waals surface area contributed by atoms with Crippen molar-refractivity contribution in [1.29, 1.82) is 0 Å². The van der Waals surface area contributed by atoms with Gasteiger partial charge in [-0.3, -0.25) is 4.79 Å². The van der Waals surface area contributed by atoms with Crippen molar-refractivity contribution in [1.82, 2.24) is 0 Å². The number of hydrogen-bond donors (Lipinski definition) is 0. The highest BCUT2D eigenvalue weighted by atomic mass is 19.1. The second-order valence-electron chi connectivity index (χ2n) is 5.53. The van der Waals surface area contributed by atoms with Crippen molar-refractivity contribution < 1.29 is 9.18 Å². The summed E-state index contributed by atoms with van der Waals surface area (Å²) in [5, 5.41) is 0. The molecule has 2 aromatic carbocycles. The summed E-state index contributed by atoms with van der Waals surface area (Å²) in [6.07, 6.45) is 3.34. The van der Waals surface area contributed by atoms with Crippen molar-refractivity contribution in [2.24, 2.45) is 0 Å². The summed E-state index contributed by atoms with van der Waals surface area (Å²) in [4.78, 5) is 12.7. The van der Waals surface area contributed by atoms with Gasteiger partial charge in [-0.1, -0.05) is 48.9 Å². The average Bonchev–Trinajstić information content (AvgIpc) is 2.41. The SMILES string of the molecule is O=C(Cc1ccc(F)cc1)C1(c2ccccc2)CCC1. The van der Waals surface area contributed by atoms with Gasteiger partial charge < -0.3 is 0 Å². The Labute approximate surface area is 118 Å². The predicted molar refractivity (Wildman–Crippen MR) is 77.1 cm³/mol. The van der Waals surface area contributed by atoms with Crippen LogP contribution in [0.4, 0.5) is 4.39 Å². The second kappa shape index (κ2) is 5.20. The number of benzene rings is 2. The molecule has 1 fully saturated rings. The van der Waals surface area contributed by atoms with Crippen LogP contribution in [-0.2, 0) is 16.6 Å². The Bertz CT molecular complexity index is 597. The highest BCUT2D eigenvalue weighted by Gasteiger charge is 2.44. The first kappa shape index (κ1) is 13.0. The molecule has 1 aliphatic carbocycles. The van der Waals surface area contributed by atoms with Gasteiger partial charge in [-0.05, 0) is 36.1 Å². The van der Waals surface area contributed by atoms with E-state index in [4.69, 9.17) is 0 Å². The summed E-state index contributed by atoms with van der Waals surface area (Å²) >= 11 is 0. The van der Waals surface area contributed by atoms with E-state index in [9.17, 15) is 9.18 Å². The van der Waals surface area contributed by atoms with Gasteiger partial charge in [0.1, 0.15) is 11.6 Å². The molecule has 1 saturated carbocycles. The minimum absolute atomic E-state index is 0.251. The molecule has 0 bridgehead atoms. The molecule has 1 nitrogen and oxygen atoms in total. The lowest BCUT2D eigenvalue weighted by molar-refractivity contribution is -0.127. The van der Waals surface area contributed by atoms with Crippen LogP contribution in [0.1, 0.15) is 30.4 Å². The number of halogens is 1. The molecule has 0 aliphatic heterocycles. The Morgan fingerprint density at radius 3 is 2.20 bits per heavy atom. The number of ketones is 1. The maximum atomic E-state index is 12.9. The fourth-order valence-corrected chi connectivity index (χ4v) is 2.97. The predicted octanol–water partition coefficient (Wildman–Crippen LogP) is 4.06. The van der Waals surface area contributed by atoms with Crippen molar-refractivity contribution in [3.63, 3.8) is 0 Å². The van der Waals surface area contributed by atoms with Gasteiger partial charge in [0.05, 0.1) is 5.41 Å². The highest BCUT2D eigenvalue weighted by molar-refractivity contribution is 5.92. The summed E-state index contributed by atoms with van der Waals surface area (Å²) in [7, 11) is 0. The normalized spacial score (nSPS) is 16.4. The molecule has 0 unspecified atom stereocenters. The summed E-state index contributed by atoms with van der Waals surface area (Å²) in [6.45, 7) is 0. The Morgan fingerprint density at radius 1 is 1.00 bits per heavy atom. The fraction of sp³-hybridized carbons (Fsp3) is 0.278. The van der Waals surface area contributed by atoms with E-state index in [1.165, 1.54) is 12.1 Å². The highest BCUT2D eigenvalue weighted by Crippen LogP contribution is 2.45. The molecule has 20 heavy (non-hydrogen) atoms. The van der Waals surface area contributed by atoms with E-state index in [-0.39, 0.29) is 17.0 Å². The van der Waals surface area contributed by atoms with Gasteiger partial charge in [0.2, 0.25) is 0 Å². The van der Waals surface area contributed by atoms with Gasteiger partial charge >= 0.3 is 0 Å². The first-order valence-corrected chi connectivity index (χ1v) is 7.04. The van der Waals surface area contributed by atoms with Gasteiger partial charge in [-0.15, -0.1) is 0 Å². The van der Waals surface area contributed by atoms with Crippen LogP contribution in [0.3, 0.4) is 0 Å². The van der Waals surface area contributed by atoms with Crippen LogP contribution >= 0.6 is 0 Å². The number of Topliss-reactive ketones (excluding diaryl/α,β-unsaturated/α-hetero) is 1. The zero-order valence-electron chi connectivity index (χ0n) is 11.3. The van der Waals surface area contributed by atoms with Crippen molar-refractivity contribution in [2.75, 3.05) is 0 Å². The van der Waals surface area contributed by atoms with Gasteiger partial charge in [-0.25, -0.2) is 4.39 Å². The lowest BCUT2D eigenvalue weighted by Crippen LogP contribution is -2.43. The Hall–Kier alpha value is -1.96. The van der Waals surface area contributed by atoms with Crippen LogP contribution in [-0.4, -0.2) is 5.78 Å². The molecule has 0 aromatic heterocycles. The van der Waals surface area contributed by atoms with E-state index in [0.717, 1.165) is 30.4 Å². The lowest BCUT2D eigenvalue weighted by Gasteiger charge is -2.41. The molecule has 3 rings (SSSR count). The monoisotopic (exact) mass is 268 g/mol. The first-order valence-electron chi connectivity index (χ1n) is 7.04. The molecule has 2 aromatic rings. The van der Waals surface area contributed by atoms with E-state index in [0.29, 0.717) is 6.42 Å². The van der Waals surface area contributed by atoms with Crippen molar-refractivity contribution in [2.45, 2.75) is 31.1 Å². The van der Waals surface area contributed by atoms with Gasteiger partial charge in [0.25, 0.3) is 0 Å². The zero-order valence-corrected chi connectivity index (χ0v) is 11.3. The Kier molecular flexibility index (Phi) is 3.39. The van der Waals surface area contributed by atoms with Crippen LogP contribution in [0.5, 0.6) is 0 Å². The van der Waals surface area contributed by atoms with E-state index < -0.39 is 0 Å². The summed E-state index contributed by atoms with van der Waals surface area (Å²) in [6, 6.07) is 16.3. The third-order valence-corrected chi connectivity index (χ3v) is 4.35. The van der Waals surface area contributed by atoms with E-state index in [1.54, 1.807) is 12.1 Å². The smallest absolute Gasteiger partial charge is 0.147 e. The van der Waals surface area contributed by atoms with Gasteiger partial charge in [0.15, 0.2) is 0 Å². The molecular weight excluding hydrogens is 251 g/mol. The summed E-state index contributed by atoms with van der Waals surface area (Å²) in [5.41, 5.74) is 1.70. The van der Waals surface area contributed by atoms with Crippen LogP contribution in [0.25, 0.3) is 0 Å². The van der Waals surface area contributed by atoms with Crippen LogP contribution in [0.15, 0.2) is 54.6 Å². The van der Waals surface area contributed by atoms with Gasteiger partial charge in [-0.2, -0.15) is 0 Å². The van der Waals surface area contributed by atoms with Crippen molar-refractivity contribution >= 4 is 5.78 Å². The minimum Gasteiger partial charge on any atom is -0.298 e. The number of carbonyl (C=O) groups is 1. The molecule has 0 N–H and O–H groups in total. The van der Waals surface area contributed by atoms with E-state index in [2.05, 4.69) is 0 Å². The van der Waals surface area contributed by atoms with Crippen molar-refractivity contribution in [3.8, 4) is 0 Å². The molecule has 0 spiro atoms. The topological polar surface area (TPSA) is 17.1 Å². The maximum Gasteiger partial charge on any atom is 0.147 e. The van der Waals surface area contributed by atoms with Crippen LogP contribution < -0.4 is 0 Å². The maximum absolute atomic E-state index is 12.9. The second-order valence-corrected chi connectivity index (χ2v) is 5.53. The third kappa shape index (κ3) is 2.26. The molecule has 0 saturated heterocycles. The molecule has 102 valence electrons. The van der Waals surface area contributed by atoms with Crippen molar-refractivity contribution in [3.05, 3.63) is 71.5 Å². The molecule has 2 heteroatoms. The fourth-order valence-electron chi connectivity index (χ4n) is 2.97. The number of hydrogen-bond acceptors (Lipinski definition) is 1. The summed E-state index contributed by atoms with van der Waals surface area (Å²) in [5.74, 6) is -0.0100. The molecule has 0 atom stereocenters. The molecular formula is C18H17FO. The zero-order chi connectivity index (χ0) is 14.0. The minimum atomic E-state index is -0.310. The Balaban J connectivity index is 1.83.